The van der Waals surface area contributed by atoms with Gasteiger partial charge in [0.15, 0.2) is 0 Å². The fourth-order valence-corrected chi connectivity index (χ4v) is 2.98. The summed E-state index contributed by atoms with van der Waals surface area (Å²) in [5.74, 6) is -0.286. The molecule has 2 rings (SSSR count). The molecule has 0 aliphatic carbocycles. The van der Waals surface area contributed by atoms with Crippen molar-refractivity contribution in [2.45, 2.75) is 13.0 Å². The van der Waals surface area contributed by atoms with Crippen LogP contribution in [-0.2, 0) is 6.54 Å². The summed E-state index contributed by atoms with van der Waals surface area (Å²) in [4.78, 5) is 15.8. The molecule has 3 N–H and O–H groups in total. The van der Waals surface area contributed by atoms with Gasteiger partial charge in [-0.3, -0.25) is 0 Å². The third-order valence-corrected chi connectivity index (χ3v) is 3.90. The monoisotopic (exact) mass is 277 g/mol. The first-order chi connectivity index (χ1) is 9.47. The Hall–Kier alpha value is -1.59. The van der Waals surface area contributed by atoms with Gasteiger partial charge in [-0.1, -0.05) is 12.1 Å². The van der Waals surface area contributed by atoms with Crippen LogP contribution in [0.3, 0.4) is 0 Å². The SMILES string of the molecule is CN1CCC(CN(C)Cc2cccc(N)c2C(=O)O)C1. The second-order valence-corrected chi connectivity index (χ2v) is 5.80. The summed E-state index contributed by atoms with van der Waals surface area (Å²) in [6.07, 6.45) is 1.21. The van der Waals surface area contributed by atoms with Crippen LogP contribution in [0.15, 0.2) is 18.2 Å². The molecule has 1 atom stereocenters. The van der Waals surface area contributed by atoms with E-state index in [2.05, 4.69) is 16.8 Å². The van der Waals surface area contributed by atoms with Gasteiger partial charge < -0.3 is 20.6 Å². The molecule has 1 unspecified atom stereocenters. The van der Waals surface area contributed by atoms with E-state index in [0.717, 1.165) is 25.2 Å². The van der Waals surface area contributed by atoms with Crippen LogP contribution in [0.5, 0.6) is 0 Å². The molecule has 1 aliphatic heterocycles. The van der Waals surface area contributed by atoms with Crippen molar-refractivity contribution in [3.63, 3.8) is 0 Å². The molecule has 0 amide bonds. The molecule has 1 aliphatic rings. The molecule has 0 aromatic heterocycles. The normalized spacial score (nSPS) is 19.6. The predicted octanol–water partition coefficient (Wildman–Crippen LogP) is 1.35. The number of nitrogen functional groups attached to an aromatic ring is 1. The average molecular weight is 277 g/mol. The molecule has 1 heterocycles. The Bertz CT molecular complexity index is 490. The molecule has 110 valence electrons. The van der Waals surface area contributed by atoms with Crippen LogP contribution in [0.4, 0.5) is 5.69 Å². The maximum Gasteiger partial charge on any atom is 0.338 e. The molecule has 5 nitrogen and oxygen atoms in total. The number of carboxylic acids is 1. The van der Waals surface area contributed by atoms with E-state index in [1.807, 2.05) is 19.2 Å². The molecule has 1 aromatic rings. The standard InChI is InChI=1S/C15H23N3O2/c1-17-7-6-11(8-17)9-18(2)10-12-4-3-5-13(16)14(12)15(19)20/h3-5,11H,6-10,16H2,1-2H3,(H,19,20). The second-order valence-electron chi connectivity index (χ2n) is 5.80. The summed E-state index contributed by atoms with van der Waals surface area (Å²) < 4.78 is 0. The molecule has 0 saturated carbocycles. The quantitative estimate of drug-likeness (QED) is 0.795. The summed E-state index contributed by atoms with van der Waals surface area (Å²) >= 11 is 0. The highest BCUT2D eigenvalue weighted by Gasteiger charge is 2.21. The minimum atomic E-state index is -0.952. The zero-order valence-corrected chi connectivity index (χ0v) is 12.2. The average Bonchev–Trinajstić information content (AvgIpc) is 2.74. The lowest BCUT2D eigenvalue weighted by Crippen LogP contribution is -2.27. The van der Waals surface area contributed by atoms with Crippen molar-refractivity contribution in [1.29, 1.82) is 0 Å². The Kier molecular flexibility index (Phi) is 4.62. The number of benzene rings is 1. The smallest absolute Gasteiger partial charge is 0.338 e. The van der Waals surface area contributed by atoms with Crippen molar-refractivity contribution in [2.24, 2.45) is 5.92 Å². The van der Waals surface area contributed by atoms with E-state index in [-0.39, 0.29) is 5.56 Å². The fraction of sp³-hybridized carbons (Fsp3) is 0.533. The minimum Gasteiger partial charge on any atom is -0.478 e. The van der Waals surface area contributed by atoms with Crippen molar-refractivity contribution in [3.05, 3.63) is 29.3 Å². The van der Waals surface area contributed by atoms with Crippen LogP contribution in [0.2, 0.25) is 0 Å². The number of nitrogens with zero attached hydrogens (tertiary/aromatic N) is 2. The van der Waals surface area contributed by atoms with Crippen LogP contribution >= 0.6 is 0 Å². The van der Waals surface area contributed by atoms with Gasteiger partial charge in [0.2, 0.25) is 0 Å². The van der Waals surface area contributed by atoms with Gasteiger partial charge in [0.1, 0.15) is 0 Å². The van der Waals surface area contributed by atoms with E-state index in [9.17, 15) is 9.90 Å². The largest absolute Gasteiger partial charge is 0.478 e. The maximum absolute atomic E-state index is 11.3. The molecule has 0 spiro atoms. The highest BCUT2D eigenvalue weighted by atomic mass is 16.4. The number of aromatic carboxylic acids is 1. The zero-order valence-electron chi connectivity index (χ0n) is 12.2. The van der Waals surface area contributed by atoms with Crippen molar-refractivity contribution in [2.75, 3.05) is 39.5 Å². The molecule has 1 fully saturated rings. The van der Waals surface area contributed by atoms with Gasteiger partial charge in [-0.2, -0.15) is 0 Å². The maximum atomic E-state index is 11.3. The number of likely N-dealkylation sites (tertiary alicyclic amines) is 1. The van der Waals surface area contributed by atoms with Gasteiger partial charge in [0.05, 0.1) is 5.56 Å². The fourth-order valence-electron chi connectivity index (χ4n) is 2.98. The van der Waals surface area contributed by atoms with E-state index in [1.54, 1.807) is 6.07 Å². The van der Waals surface area contributed by atoms with Crippen molar-refractivity contribution >= 4 is 11.7 Å². The first-order valence-corrected chi connectivity index (χ1v) is 6.95. The van der Waals surface area contributed by atoms with Crippen molar-refractivity contribution in [3.8, 4) is 0 Å². The molecule has 0 bridgehead atoms. The molecule has 1 saturated heterocycles. The summed E-state index contributed by atoms with van der Waals surface area (Å²) in [6.45, 7) is 3.87. The van der Waals surface area contributed by atoms with E-state index in [0.29, 0.717) is 18.2 Å². The van der Waals surface area contributed by atoms with Gasteiger partial charge in [-0.25, -0.2) is 4.79 Å². The molecule has 0 radical (unpaired) electrons. The summed E-state index contributed by atoms with van der Waals surface area (Å²) in [6, 6.07) is 5.30. The zero-order chi connectivity index (χ0) is 14.7. The number of hydrogen-bond donors (Lipinski definition) is 2. The highest BCUT2D eigenvalue weighted by Crippen LogP contribution is 2.20. The van der Waals surface area contributed by atoms with E-state index in [4.69, 9.17) is 5.73 Å². The Labute approximate surface area is 120 Å². The number of hydrogen-bond acceptors (Lipinski definition) is 4. The van der Waals surface area contributed by atoms with Gasteiger partial charge >= 0.3 is 5.97 Å². The third-order valence-electron chi connectivity index (χ3n) is 3.90. The van der Waals surface area contributed by atoms with Gasteiger partial charge in [0.25, 0.3) is 0 Å². The topological polar surface area (TPSA) is 69.8 Å². The van der Waals surface area contributed by atoms with Crippen LogP contribution in [-0.4, -0.2) is 54.6 Å². The Morgan fingerprint density at radius 2 is 2.30 bits per heavy atom. The van der Waals surface area contributed by atoms with Crippen LogP contribution in [0, 0.1) is 5.92 Å². The van der Waals surface area contributed by atoms with E-state index in [1.165, 1.54) is 6.42 Å². The van der Waals surface area contributed by atoms with Crippen LogP contribution < -0.4 is 5.73 Å². The number of carbonyl (C=O) groups is 1. The van der Waals surface area contributed by atoms with Gasteiger partial charge in [-0.15, -0.1) is 0 Å². The lowest BCUT2D eigenvalue weighted by molar-refractivity contribution is 0.0696. The Morgan fingerprint density at radius 1 is 1.55 bits per heavy atom. The van der Waals surface area contributed by atoms with Crippen LogP contribution in [0.25, 0.3) is 0 Å². The van der Waals surface area contributed by atoms with Gasteiger partial charge in [0, 0.05) is 25.3 Å². The Morgan fingerprint density at radius 3 is 2.90 bits per heavy atom. The van der Waals surface area contributed by atoms with E-state index < -0.39 is 5.97 Å². The molecule has 5 heteroatoms. The lowest BCUT2D eigenvalue weighted by Gasteiger charge is -2.22. The van der Waals surface area contributed by atoms with Gasteiger partial charge in [-0.05, 0) is 44.6 Å². The first-order valence-electron chi connectivity index (χ1n) is 6.95. The van der Waals surface area contributed by atoms with Crippen LogP contribution in [0.1, 0.15) is 22.3 Å². The third kappa shape index (κ3) is 3.49. The number of nitrogens with two attached hydrogens (primary N) is 1. The predicted molar refractivity (Wildman–Crippen MR) is 79.8 cm³/mol. The minimum absolute atomic E-state index is 0.239. The molecular weight excluding hydrogens is 254 g/mol. The van der Waals surface area contributed by atoms with E-state index >= 15 is 0 Å². The van der Waals surface area contributed by atoms with Crippen molar-refractivity contribution in [1.82, 2.24) is 9.80 Å². The number of carboxylic acid groups (broad SMARTS) is 1. The Balaban J connectivity index is 2.02. The summed E-state index contributed by atoms with van der Waals surface area (Å²) in [5.41, 5.74) is 7.13. The lowest BCUT2D eigenvalue weighted by atomic mass is 10.0. The number of rotatable bonds is 5. The number of anilines is 1. The summed E-state index contributed by atoms with van der Waals surface area (Å²) in [7, 11) is 4.17. The molecular formula is C15H23N3O2. The van der Waals surface area contributed by atoms with Crippen molar-refractivity contribution < 1.29 is 9.90 Å². The molecule has 20 heavy (non-hydrogen) atoms. The first kappa shape index (κ1) is 14.8. The highest BCUT2D eigenvalue weighted by molar-refractivity contribution is 5.95. The second kappa shape index (κ2) is 6.24. The molecule has 1 aromatic carbocycles. The summed E-state index contributed by atoms with van der Waals surface area (Å²) in [5, 5.41) is 9.27.